The van der Waals surface area contributed by atoms with E-state index in [1.807, 2.05) is 0 Å². The van der Waals surface area contributed by atoms with E-state index >= 15 is 0 Å². The normalized spacial score (nSPS) is 11.4. The Morgan fingerprint density at radius 1 is 1.53 bits per heavy atom. The molecule has 0 aliphatic carbocycles. The highest BCUT2D eigenvalue weighted by Gasteiger charge is 2.34. The monoisotopic (exact) mass is 279 g/mol. The van der Waals surface area contributed by atoms with Crippen molar-refractivity contribution in [3.05, 3.63) is 16.3 Å². The molecular weight excluding hydrogens is 267 g/mol. The van der Waals surface area contributed by atoms with Gasteiger partial charge >= 0.3 is 11.9 Å². The third-order valence-corrected chi connectivity index (χ3v) is 2.13. The molecule has 0 aliphatic rings. The first-order valence-corrected chi connectivity index (χ1v) is 5.33. The van der Waals surface area contributed by atoms with Gasteiger partial charge in [0, 0.05) is 6.54 Å². The number of alkyl halides is 3. The molecule has 0 aromatic carbocycles. The largest absolute Gasteiger partial charge is 0.405 e. The fourth-order valence-electron chi connectivity index (χ4n) is 1.49. The molecular formula is C9H12F3N5O2. The van der Waals surface area contributed by atoms with Crippen LogP contribution in [0.2, 0.25) is 0 Å². The first-order valence-electron chi connectivity index (χ1n) is 5.33. The van der Waals surface area contributed by atoms with Crippen molar-refractivity contribution >= 4 is 17.5 Å². The van der Waals surface area contributed by atoms with Gasteiger partial charge in [0.1, 0.15) is 12.7 Å². The molecule has 1 aromatic heterocycles. The third-order valence-electron chi connectivity index (χ3n) is 2.13. The van der Waals surface area contributed by atoms with Gasteiger partial charge in [0.05, 0.1) is 4.92 Å². The minimum Gasteiger partial charge on any atom is -0.368 e. The zero-order chi connectivity index (χ0) is 14.6. The molecule has 0 atom stereocenters. The van der Waals surface area contributed by atoms with Crippen LogP contribution in [0.5, 0.6) is 0 Å². The van der Waals surface area contributed by atoms with Crippen LogP contribution < -0.4 is 10.6 Å². The molecule has 0 saturated heterocycles. The summed E-state index contributed by atoms with van der Waals surface area (Å²) in [4.78, 5) is 17.7. The van der Waals surface area contributed by atoms with E-state index in [9.17, 15) is 23.3 Å². The van der Waals surface area contributed by atoms with Crippen molar-refractivity contribution in [1.82, 2.24) is 9.97 Å². The zero-order valence-electron chi connectivity index (χ0n) is 10.0. The predicted molar refractivity (Wildman–Crippen MR) is 61.7 cm³/mol. The average molecular weight is 279 g/mol. The molecule has 0 fully saturated rings. The van der Waals surface area contributed by atoms with Crippen LogP contribution in [0.25, 0.3) is 0 Å². The summed E-state index contributed by atoms with van der Waals surface area (Å²) in [5.74, 6) is -0.736. The molecule has 0 unspecified atom stereocenters. The summed E-state index contributed by atoms with van der Waals surface area (Å²) in [7, 11) is 0. The van der Waals surface area contributed by atoms with Crippen LogP contribution >= 0.6 is 0 Å². The molecule has 2 N–H and O–H groups in total. The van der Waals surface area contributed by atoms with Crippen LogP contribution in [-0.2, 0) is 0 Å². The number of hydrogen-bond donors (Lipinski definition) is 1. The summed E-state index contributed by atoms with van der Waals surface area (Å²) in [6.07, 6.45) is -3.32. The molecule has 10 heteroatoms. The molecule has 7 nitrogen and oxygen atoms in total. The molecule has 1 heterocycles. The minimum atomic E-state index is -4.50. The topological polar surface area (TPSA) is 98.2 Å². The van der Waals surface area contributed by atoms with Crippen LogP contribution in [0.1, 0.15) is 13.3 Å². The molecule has 1 aromatic rings. The molecule has 0 saturated carbocycles. The highest BCUT2D eigenvalue weighted by Crippen LogP contribution is 2.28. The van der Waals surface area contributed by atoms with Crippen LogP contribution in [0.4, 0.5) is 30.6 Å². The number of aromatic nitrogens is 2. The van der Waals surface area contributed by atoms with Crippen molar-refractivity contribution < 1.29 is 18.1 Å². The number of anilines is 2. The molecule has 1 rings (SSSR count). The Morgan fingerprint density at radius 3 is 2.63 bits per heavy atom. The van der Waals surface area contributed by atoms with E-state index in [1.165, 1.54) is 0 Å². The number of nitrogens with two attached hydrogens (primary N) is 1. The van der Waals surface area contributed by atoms with Crippen molar-refractivity contribution in [2.75, 3.05) is 23.7 Å². The van der Waals surface area contributed by atoms with Crippen molar-refractivity contribution in [3.63, 3.8) is 0 Å². The summed E-state index contributed by atoms with van der Waals surface area (Å²) < 4.78 is 37.4. The molecule has 19 heavy (non-hydrogen) atoms. The standard InChI is InChI=1S/C9H12F3N5O2/c1-2-3-16(5-9(10,11)12)7-6(17(18)19)4-14-8(13)15-7/h4H,2-3,5H2,1H3,(H2,13,14,15). The molecule has 0 bridgehead atoms. The highest BCUT2D eigenvalue weighted by molar-refractivity contribution is 5.58. The SMILES string of the molecule is CCCN(CC(F)(F)F)c1nc(N)ncc1[N+](=O)[O-]. The van der Waals surface area contributed by atoms with Gasteiger partial charge in [-0.1, -0.05) is 6.92 Å². The van der Waals surface area contributed by atoms with E-state index in [2.05, 4.69) is 9.97 Å². The Bertz CT molecular complexity index is 466. The molecule has 0 radical (unpaired) electrons. The third kappa shape index (κ3) is 4.23. The quantitative estimate of drug-likeness (QED) is 0.651. The summed E-state index contributed by atoms with van der Waals surface area (Å²) in [5.41, 5.74) is 4.67. The predicted octanol–water partition coefficient (Wildman–Crippen LogP) is 1.75. The summed E-state index contributed by atoms with van der Waals surface area (Å²) in [6, 6.07) is 0. The second-order valence-electron chi connectivity index (χ2n) is 3.73. The first-order chi connectivity index (χ1) is 8.74. The summed E-state index contributed by atoms with van der Waals surface area (Å²) >= 11 is 0. The smallest absolute Gasteiger partial charge is 0.368 e. The molecule has 0 amide bonds. The number of hydrogen-bond acceptors (Lipinski definition) is 6. The Kier molecular flexibility index (Phi) is 4.46. The van der Waals surface area contributed by atoms with E-state index in [0.29, 0.717) is 6.42 Å². The van der Waals surface area contributed by atoms with Crippen LogP contribution in [-0.4, -0.2) is 34.2 Å². The lowest BCUT2D eigenvalue weighted by atomic mass is 10.3. The summed E-state index contributed by atoms with van der Waals surface area (Å²) in [6.45, 7) is 0.286. The number of nitrogen functional groups attached to an aromatic ring is 1. The zero-order valence-corrected chi connectivity index (χ0v) is 10.0. The van der Waals surface area contributed by atoms with E-state index in [1.54, 1.807) is 6.92 Å². The molecule has 0 spiro atoms. The van der Waals surface area contributed by atoms with Gasteiger partial charge in [-0.25, -0.2) is 4.98 Å². The number of nitrogens with zero attached hydrogens (tertiary/aromatic N) is 4. The van der Waals surface area contributed by atoms with Gasteiger partial charge in [-0.3, -0.25) is 10.1 Å². The number of halogens is 3. The highest BCUT2D eigenvalue weighted by atomic mass is 19.4. The van der Waals surface area contributed by atoms with E-state index in [0.717, 1.165) is 11.1 Å². The van der Waals surface area contributed by atoms with E-state index in [-0.39, 0.29) is 12.5 Å². The fourth-order valence-corrected chi connectivity index (χ4v) is 1.49. The van der Waals surface area contributed by atoms with Gasteiger partial charge in [-0.2, -0.15) is 18.2 Å². The van der Waals surface area contributed by atoms with Crippen LogP contribution in [0.3, 0.4) is 0 Å². The lowest BCUT2D eigenvalue weighted by Crippen LogP contribution is -2.36. The lowest BCUT2D eigenvalue weighted by molar-refractivity contribution is -0.384. The van der Waals surface area contributed by atoms with Gasteiger partial charge in [0.25, 0.3) is 0 Å². The van der Waals surface area contributed by atoms with Crippen molar-refractivity contribution in [1.29, 1.82) is 0 Å². The fraction of sp³-hybridized carbons (Fsp3) is 0.556. The molecule has 0 aliphatic heterocycles. The molecule has 106 valence electrons. The maximum atomic E-state index is 12.5. The van der Waals surface area contributed by atoms with Crippen molar-refractivity contribution in [2.24, 2.45) is 0 Å². The Labute approximate surface area is 106 Å². The van der Waals surface area contributed by atoms with Crippen LogP contribution in [0, 0.1) is 10.1 Å². The lowest BCUT2D eigenvalue weighted by Gasteiger charge is -2.23. The van der Waals surface area contributed by atoms with Crippen molar-refractivity contribution in [2.45, 2.75) is 19.5 Å². The maximum absolute atomic E-state index is 12.5. The van der Waals surface area contributed by atoms with Gasteiger partial charge in [-0.15, -0.1) is 0 Å². The average Bonchev–Trinajstić information content (AvgIpc) is 2.26. The minimum absolute atomic E-state index is 0.0309. The van der Waals surface area contributed by atoms with Gasteiger partial charge in [-0.05, 0) is 6.42 Å². The van der Waals surface area contributed by atoms with Gasteiger partial charge in [0.15, 0.2) is 0 Å². The number of rotatable bonds is 5. The number of nitro groups is 1. The van der Waals surface area contributed by atoms with E-state index in [4.69, 9.17) is 5.73 Å². The first kappa shape index (κ1) is 14.9. The Morgan fingerprint density at radius 2 is 2.16 bits per heavy atom. The Hall–Kier alpha value is -2.13. The maximum Gasteiger partial charge on any atom is 0.405 e. The van der Waals surface area contributed by atoms with Crippen LogP contribution in [0.15, 0.2) is 6.20 Å². The Balaban J connectivity index is 3.20. The summed E-state index contributed by atoms with van der Waals surface area (Å²) in [5, 5.41) is 10.8. The van der Waals surface area contributed by atoms with Crippen molar-refractivity contribution in [3.8, 4) is 0 Å². The second-order valence-corrected chi connectivity index (χ2v) is 3.73. The second kappa shape index (κ2) is 5.67. The van der Waals surface area contributed by atoms with E-state index < -0.39 is 29.1 Å². The van der Waals surface area contributed by atoms with Gasteiger partial charge in [0.2, 0.25) is 11.8 Å². The van der Waals surface area contributed by atoms with Gasteiger partial charge < -0.3 is 10.6 Å².